The number of nitrogens with zero attached hydrogens (tertiary/aromatic N) is 1. The highest BCUT2D eigenvalue weighted by atomic mass is 15.1. The van der Waals surface area contributed by atoms with E-state index in [1.165, 1.54) is 32.2 Å². The Kier molecular flexibility index (Phi) is 3.74. The molecule has 1 fully saturated rings. The van der Waals surface area contributed by atoms with Crippen molar-refractivity contribution in [3.63, 3.8) is 0 Å². The van der Waals surface area contributed by atoms with Crippen molar-refractivity contribution in [1.82, 2.24) is 4.90 Å². The van der Waals surface area contributed by atoms with Gasteiger partial charge in [-0.15, -0.1) is 0 Å². The van der Waals surface area contributed by atoms with Gasteiger partial charge in [0.1, 0.15) is 0 Å². The van der Waals surface area contributed by atoms with E-state index in [4.69, 9.17) is 5.73 Å². The van der Waals surface area contributed by atoms with Crippen LogP contribution >= 0.6 is 0 Å². The van der Waals surface area contributed by atoms with E-state index < -0.39 is 0 Å². The molecule has 78 valence electrons. The van der Waals surface area contributed by atoms with E-state index in [9.17, 15) is 0 Å². The maximum absolute atomic E-state index is 5.62. The van der Waals surface area contributed by atoms with Crippen LogP contribution in [-0.4, -0.2) is 31.1 Å². The molecule has 0 bridgehead atoms. The largest absolute Gasteiger partial charge is 0.330 e. The Hall–Kier alpha value is -0.0800. The highest BCUT2D eigenvalue weighted by molar-refractivity contribution is 4.95. The first kappa shape index (κ1) is 11.0. The maximum Gasteiger partial charge on any atom is 0.00614 e. The summed E-state index contributed by atoms with van der Waals surface area (Å²) in [6, 6.07) is 0.718. The topological polar surface area (TPSA) is 29.3 Å². The van der Waals surface area contributed by atoms with Gasteiger partial charge in [0, 0.05) is 12.6 Å². The molecular formula is C11H24N2. The molecule has 1 aliphatic carbocycles. The first-order valence-corrected chi connectivity index (χ1v) is 5.54. The summed E-state index contributed by atoms with van der Waals surface area (Å²) in [6.07, 6.45) is 5.25. The molecule has 1 saturated carbocycles. The Morgan fingerprint density at radius 1 is 1.46 bits per heavy atom. The van der Waals surface area contributed by atoms with Crippen LogP contribution in [0.25, 0.3) is 0 Å². The normalized spacial score (nSPS) is 21.9. The van der Waals surface area contributed by atoms with Crippen molar-refractivity contribution in [2.45, 2.75) is 45.6 Å². The molecule has 13 heavy (non-hydrogen) atoms. The Balaban J connectivity index is 2.30. The summed E-state index contributed by atoms with van der Waals surface area (Å²) in [5.41, 5.74) is 6.22. The van der Waals surface area contributed by atoms with E-state index in [0.717, 1.165) is 12.6 Å². The van der Waals surface area contributed by atoms with Gasteiger partial charge in [0.2, 0.25) is 0 Å². The minimum atomic E-state index is 0.604. The summed E-state index contributed by atoms with van der Waals surface area (Å²) in [7, 11) is 2.24. The van der Waals surface area contributed by atoms with Crippen LogP contribution in [-0.2, 0) is 0 Å². The lowest BCUT2D eigenvalue weighted by atomic mass is 10.0. The number of hydrogen-bond donors (Lipinski definition) is 1. The second-order valence-electron chi connectivity index (χ2n) is 4.71. The van der Waals surface area contributed by atoms with E-state index in [-0.39, 0.29) is 0 Å². The number of hydrogen-bond acceptors (Lipinski definition) is 2. The van der Waals surface area contributed by atoms with E-state index in [1.54, 1.807) is 0 Å². The van der Waals surface area contributed by atoms with Crippen LogP contribution in [0.3, 0.4) is 0 Å². The molecule has 0 aliphatic heterocycles. The van der Waals surface area contributed by atoms with Crippen LogP contribution in [0.1, 0.15) is 39.5 Å². The maximum atomic E-state index is 5.62. The highest BCUT2D eigenvalue weighted by Crippen LogP contribution is 2.49. The second-order valence-corrected chi connectivity index (χ2v) is 4.71. The molecule has 0 amide bonds. The van der Waals surface area contributed by atoms with Gasteiger partial charge in [-0.2, -0.15) is 0 Å². The molecule has 1 unspecified atom stereocenters. The van der Waals surface area contributed by atoms with Gasteiger partial charge in [-0.1, -0.05) is 6.92 Å². The molecule has 0 spiro atoms. The monoisotopic (exact) mass is 184 g/mol. The fourth-order valence-corrected chi connectivity index (χ4v) is 1.97. The summed E-state index contributed by atoms with van der Waals surface area (Å²) in [5.74, 6) is 0. The van der Waals surface area contributed by atoms with E-state index in [1.807, 2.05) is 0 Å². The summed E-state index contributed by atoms with van der Waals surface area (Å²) >= 11 is 0. The molecule has 0 saturated heterocycles. The Morgan fingerprint density at radius 2 is 2.08 bits per heavy atom. The average Bonchev–Trinajstić information content (AvgIpc) is 2.84. The molecule has 2 heteroatoms. The van der Waals surface area contributed by atoms with Crippen molar-refractivity contribution >= 4 is 0 Å². The standard InChI is InChI=1S/C11H24N2/c1-4-10(2)13(3)9-11(5-6-11)7-8-12/h10H,4-9,12H2,1-3H3. The smallest absolute Gasteiger partial charge is 0.00614 e. The third-order valence-electron chi connectivity index (χ3n) is 3.56. The van der Waals surface area contributed by atoms with Crippen LogP contribution in [0.2, 0.25) is 0 Å². The van der Waals surface area contributed by atoms with Crippen molar-refractivity contribution in [2.24, 2.45) is 11.1 Å². The van der Waals surface area contributed by atoms with Crippen LogP contribution < -0.4 is 5.73 Å². The first-order chi connectivity index (χ1) is 6.13. The number of rotatable bonds is 6. The zero-order valence-electron chi connectivity index (χ0n) is 9.34. The highest BCUT2D eigenvalue weighted by Gasteiger charge is 2.42. The van der Waals surface area contributed by atoms with Crippen molar-refractivity contribution in [2.75, 3.05) is 20.1 Å². The van der Waals surface area contributed by atoms with Crippen molar-refractivity contribution in [3.05, 3.63) is 0 Å². The molecule has 0 aromatic heterocycles. The van der Waals surface area contributed by atoms with Crippen molar-refractivity contribution in [3.8, 4) is 0 Å². The van der Waals surface area contributed by atoms with Gasteiger partial charge in [0.05, 0.1) is 0 Å². The number of nitrogens with two attached hydrogens (primary N) is 1. The van der Waals surface area contributed by atoms with Gasteiger partial charge >= 0.3 is 0 Å². The van der Waals surface area contributed by atoms with Crippen LogP contribution in [0, 0.1) is 5.41 Å². The van der Waals surface area contributed by atoms with Crippen LogP contribution in [0.4, 0.5) is 0 Å². The van der Waals surface area contributed by atoms with Gasteiger partial charge < -0.3 is 10.6 Å². The molecule has 1 aliphatic rings. The van der Waals surface area contributed by atoms with Gasteiger partial charge in [-0.3, -0.25) is 0 Å². The summed E-state index contributed by atoms with van der Waals surface area (Å²) < 4.78 is 0. The van der Waals surface area contributed by atoms with Crippen LogP contribution in [0.15, 0.2) is 0 Å². The minimum absolute atomic E-state index is 0.604. The molecule has 2 N–H and O–H groups in total. The molecule has 0 aromatic carbocycles. The molecule has 0 radical (unpaired) electrons. The lowest BCUT2D eigenvalue weighted by Gasteiger charge is -2.28. The molecule has 0 heterocycles. The zero-order chi connectivity index (χ0) is 9.90. The van der Waals surface area contributed by atoms with Gasteiger partial charge in [-0.05, 0) is 51.6 Å². The van der Waals surface area contributed by atoms with Crippen LogP contribution in [0.5, 0.6) is 0 Å². The Bertz CT molecular complexity index is 152. The molecule has 2 nitrogen and oxygen atoms in total. The third-order valence-corrected chi connectivity index (χ3v) is 3.56. The molecule has 1 rings (SSSR count). The van der Waals surface area contributed by atoms with E-state index >= 15 is 0 Å². The van der Waals surface area contributed by atoms with Crippen molar-refractivity contribution in [1.29, 1.82) is 0 Å². The fraction of sp³-hybridized carbons (Fsp3) is 1.00. The summed E-state index contributed by atoms with van der Waals surface area (Å²) in [5, 5.41) is 0. The SMILES string of the molecule is CCC(C)N(C)CC1(CCN)CC1. The van der Waals surface area contributed by atoms with E-state index in [0.29, 0.717) is 5.41 Å². The average molecular weight is 184 g/mol. The van der Waals surface area contributed by atoms with E-state index in [2.05, 4.69) is 25.8 Å². The van der Waals surface area contributed by atoms with Gasteiger partial charge in [-0.25, -0.2) is 0 Å². The first-order valence-electron chi connectivity index (χ1n) is 5.54. The zero-order valence-corrected chi connectivity index (χ0v) is 9.34. The molecule has 1 atom stereocenters. The predicted molar refractivity (Wildman–Crippen MR) is 57.7 cm³/mol. The second kappa shape index (κ2) is 4.43. The summed E-state index contributed by atoms with van der Waals surface area (Å²) in [4.78, 5) is 2.49. The predicted octanol–water partition coefficient (Wildman–Crippen LogP) is 1.85. The Labute approximate surface area is 82.5 Å². The molecule has 0 aromatic rings. The fourth-order valence-electron chi connectivity index (χ4n) is 1.97. The summed E-state index contributed by atoms with van der Waals surface area (Å²) in [6.45, 7) is 6.66. The third kappa shape index (κ3) is 2.96. The minimum Gasteiger partial charge on any atom is -0.330 e. The van der Waals surface area contributed by atoms with Gasteiger partial charge in [0.15, 0.2) is 0 Å². The lowest BCUT2D eigenvalue weighted by molar-refractivity contribution is 0.198. The van der Waals surface area contributed by atoms with Crippen molar-refractivity contribution < 1.29 is 0 Å². The lowest BCUT2D eigenvalue weighted by Crippen LogP contribution is -2.34. The van der Waals surface area contributed by atoms with Gasteiger partial charge in [0.25, 0.3) is 0 Å². The molecular weight excluding hydrogens is 160 g/mol. The quantitative estimate of drug-likeness (QED) is 0.682. The Morgan fingerprint density at radius 3 is 2.46 bits per heavy atom.